The summed E-state index contributed by atoms with van der Waals surface area (Å²) in [6.45, 7) is 3.19. The summed E-state index contributed by atoms with van der Waals surface area (Å²) in [5.74, 6) is -0.0388. The summed E-state index contributed by atoms with van der Waals surface area (Å²) < 4.78 is 43.0. The quantitative estimate of drug-likeness (QED) is 0.797. The van der Waals surface area contributed by atoms with Crippen molar-refractivity contribution in [3.63, 3.8) is 0 Å². The molecule has 1 saturated heterocycles. The molecule has 1 aliphatic heterocycles. The van der Waals surface area contributed by atoms with E-state index >= 15 is 0 Å². The molecule has 0 aromatic heterocycles. The first kappa shape index (κ1) is 16.5. The molecule has 0 unspecified atom stereocenters. The van der Waals surface area contributed by atoms with Crippen LogP contribution in [-0.2, 0) is 22.3 Å². The van der Waals surface area contributed by atoms with Gasteiger partial charge in [-0.25, -0.2) is 0 Å². The first-order valence-electron chi connectivity index (χ1n) is 7.09. The number of halogens is 3. The van der Waals surface area contributed by atoms with E-state index in [1.165, 1.54) is 18.2 Å². The fraction of sp³-hybridized carbons (Fsp3) is 0.438. The Kier molecular flexibility index (Phi) is 5.24. The van der Waals surface area contributed by atoms with E-state index < -0.39 is 11.7 Å². The van der Waals surface area contributed by atoms with Gasteiger partial charge in [0, 0.05) is 13.1 Å². The molecule has 2 rings (SSSR count). The molecule has 0 aliphatic carbocycles. The van der Waals surface area contributed by atoms with Gasteiger partial charge in [-0.05, 0) is 37.1 Å². The third-order valence-electron chi connectivity index (χ3n) is 3.53. The molecule has 6 heteroatoms. The maximum Gasteiger partial charge on any atom is 0.416 e. The Morgan fingerprint density at radius 1 is 1.36 bits per heavy atom. The standard InChI is InChI=1S/C16H18F3NO2/c1-2-3-15(21)20-9-8-14(10-20)22-11-12-4-6-13(7-5-12)16(17,18)19/h2-7,14H,8-11H2,1H3/b3-2-/t14-/m0/s1. The topological polar surface area (TPSA) is 29.5 Å². The lowest BCUT2D eigenvalue weighted by atomic mass is 10.1. The van der Waals surface area contributed by atoms with Crippen LogP contribution in [0.5, 0.6) is 0 Å². The predicted molar refractivity (Wildman–Crippen MR) is 76.0 cm³/mol. The van der Waals surface area contributed by atoms with Gasteiger partial charge in [0.1, 0.15) is 0 Å². The van der Waals surface area contributed by atoms with Crippen molar-refractivity contribution in [2.24, 2.45) is 0 Å². The van der Waals surface area contributed by atoms with Gasteiger partial charge < -0.3 is 9.64 Å². The van der Waals surface area contributed by atoms with Crippen LogP contribution in [0.3, 0.4) is 0 Å². The molecule has 1 amide bonds. The number of hydrogen-bond acceptors (Lipinski definition) is 2. The molecule has 3 nitrogen and oxygen atoms in total. The van der Waals surface area contributed by atoms with Crippen LogP contribution >= 0.6 is 0 Å². The Hall–Kier alpha value is -1.82. The highest BCUT2D eigenvalue weighted by Gasteiger charge is 2.30. The number of likely N-dealkylation sites (tertiary alicyclic amines) is 1. The number of alkyl halides is 3. The number of nitrogens with zero attached hydrogens (tertiary/aromatic N) is 1. The van der Waals surface area contributed by atoms with Crippen molar-refractivity contribution in [2.45, 2.75) is 32.2 Å². The average molecular weight is 313 g/mol. The monoisotopic (exact) mass is 313 g/mol. The maximum absolute atomic E-state index is 12.5. The van der Waals surface area contributed by atoms with Gasteiger partial charge in [0.05, 0.1) is 18.3 Å². The van der Waals surface area contributed by atoms with Crippen LogP contribution in [-0.4, -0.2) is 30.0 Å². The van der Waals surface area contributed by atoms with Gasteiger partial charge in [-0.2, -0.15) is 13.2 Å². The lowest BCUT2D eigenvalue weighted by Gasteiger charge is -2.15. The van der Waals surface area contributed by atoms with Crippen molar-refractivity contribution >= 4 is 5.91 Å². The highest BCUT2D eigenvalue weighted by molar-refractivity contribution is 5.87. The van der Waals surface area contributed by atoms with E-state index in [9.17, 15) is 18.0 Å². The summed E-state index contributed by atoms with van der Waals surface area (Å²) in [5.41, 5.74) is 0.0199. The summed E-state index contributed by atoms with van der Waals surface area (Å²) in [6.07, 6.45) is -0.448. The first-order valence-corrected chi connectivity index (χ1v) is 7.09. The Bertz CT molecular complexity index is 537. The number of amides is 1. The molecule has 1 aromatic rings. The molecular formula is C16H18F3NO2. The molecule has 0 spiro atoms. The molecule has 1 aromatic carbocycles. The number of allylic oxidation sites excluding steroid dienone is 1. The van der Waals surface area contributed by atoms with E-state index in [4.69, 9.17) is 4.74 Å². The SMILES string of the molecule is C/C=C\C(=O)N1CC[C@H](OCc2ccc(C(F)(F)F)cc2)C1. The summed E-state index contributed by atoms with van der Waals surface area (Å²) >= 11 is 0. The highest BCUT2D eigenvalue weighted by atomic mass is 19.4. The van der Waals surface area contributed by atoms with E-state index in [1.54, 1.807) is 17.9 Å². The molecule has 1 aliphatic rings. The lowest BCUT2D eigenvalue weighted by molar-refractivity contribution is -0.137. The van der Waals surface area contributed by atoms with Gasteiger partial charge in [-0.15, -0.1) is 0 Å². The van der Waals surface area contributed by atoms with Gasteiger partial charge in [0.25, 0.3) is 0 Å². The van der Waals surface area contributed by atoms with Crippen LogP contribution in [0.1, 0.15) is 24.5 Å². The largest absolute Gasteiger partial charge is 0.416 e. The number of ether oxygens (including phenoxy) is 1. The van der Waals surface area contributed by atoms with Crippen molar-refractivity contribution in [3.8, 4) is 0 Å². The molecule has 0 saturated carbocycles. The van der Waals surface area contributed by atoms with E-state index in [1.807, 2.05) is 0 Å². The van der Waals surface area contributed by atoms with Crippen LogP contribution < -0.4 is 0 Å². The minimum atomic E-state index is -4.32. The van der Waals surface area contributed by atoms with Crippen LogP contribution in [0.15, 0.2) is 36.4 Å². The minimum absolute atomic E-state index is 0.0388. The van der Waals surface area contributed by atoms with Crippen molar-refractivity contribution in [2.75, 3.05) is 13.1 Å². The summed E-state index contributed by atoms with van der Waals surface area (Å²) in [7, 11) is 0. The number of rotatable bonds is 4. The number of benzene rings is 1. The van der Waals surface area contributed by atoms with Gasteiger partial charge in [0.2, 0.25) is 5.91 Å². The van der Waals surface area contributed by atoms with Gasteiger partial charge in [0.15, 0.2) is 0 Å². The van der Waals surface area contributed by atoms with E-state index in [2.05, 4.69) is 0 Å². The van der Waals surface area contributed by atoms with E-state index in [0.29, 0.717) is 18.7 Å². The second-order valence-corrected chi connectivity index (χ2v) is 5.20. The highest BCUT2D eigenvalue weighted by Crippen LogP contribution is 2.29. The van der Waals surface area contributed by atoms with Crippen LogP contribution in [0.4, 0.5) is 13.2 Å². The third-order valence-corrected chi connectivity index (χ3v) is 3.53. The number of carbonyl (C=O) groups excluding carboxylic acids is 1. The van der Waals surface area contributed by atoms with Crippen LogP contribution in [0, 0.1) is 0 Å². The van der Waals surface area contributed by atoms with E-state index in [0.717, 1.165) is 18.6 Å². The van der Waals surface area contributed by atoms with Crippen LogP contribution in [0.2, 0.25) is 0 Å². The fourth-order valence-corrected chi connectivity index (χ4v) is 2.32. The number of hydrogen-bond donors (Lipinski definition) is 0. The van der Waals surface area contributed by atoms with Crippen molar-refractivity contribution < 1.29 is 22.7 Å². The normalized spacial score (nSPS) is 19.1. The Morgan fingerprint density at radius 3 is 2.64 bits per heavy atom. The third kappa shape index (κ3) is 4.34. The average Bonchev–Trinajstić information content (AvgIpc) is 2.94. The zero-order valence-corrected chi connectivity index (χ0v) is 12.3. The summed E-state index contributed by atoms with van der Waals surface area (Å²) in [6, 6.07) is 4.94. The molecule has 0 bridgehead atoms. The van der Waals surface area contributed by atoms with Crippen LogP contribution in [0.25, 0.3) is 0 Å². The molecular weight excluding hydrogens is 295 g/mol. The summed E-state index contributed by atoms with van der Waals surface area (Å²) in [5, 5.41) is 0. The maximum atomic E-state index is 12.5. The van der Waals surface area contributed by atoms with Gasteiger partial charge in [-0.3, -0.25) is 4.79 Å². The van der Waals surface area contributed by atoms with Gasteiger partial charge in [-0.1, -0.05) is 18.2 Å². The first-order chi connectivity index (χ1) is 10.4. The molecule has 1 heterocycles. The Balaban J connectivity index is 1.83. The minimum Gasteiger partial charge on any atom is -0.372 e. The van der Waals surface area contributed by atoms with Crippen molar-refractivity contribution in [3.05, 3.63) is 47.5 Å². The zero-order valence-electron chi connectivity index (χ0n) is 12.3. The second-order valence-electron chi connectivity index (χ2n) is 5.20. The molecule has 1 atom stereocenters. The van der Waals surface area contributed by atoms with E-state index in [-0.39, 0.29) is 18.6 Å². The zero-order chi connectivity index (χ0) is 16.2. The second kappa shape index (κ2) is 6.96. The molecule has 0 N–H and O–H groups in total. The predicted octanol–water partition coefficient (Wildman–Crippen LogP) is 3.40. The smallest absolute Gasteiger partial charge is 0.372 e. The number of carbonyl (C=O) groups is 1. The molecule has 0 radical (unpaired) electrons. The lowest BCUT2D eigenvalue weighted by Crippen LogP contribution is -2.28. The summed E-state index contributed by atoms with van der Waals surface area (Å²) in [4.78, 5) is 13.4. The van der Waals surface area contributed by atoms with Crippen molar-refractivity contribution in [1.29, 1.82) is 0 Å². The Labute approximate surface area is 127 Å². The Morgan fingerprint density at radius 2 is 2.05 bits per heavy atom. The van der Waals surface area contributed by atoms with Gasteiger partial charge >= 0.3 is 6.18 Å². The molecule has 22 heavy (non-hydrogen) atoms. The molecule has 1 fully saturated rings. The fourth-order valence-electron chi connectivity index (χ4n) is 2.32. The van der Waals surface area contributed by atoms with Crippen molar-refractivity contribution in [1.82, 2.24) is 4.90 Å². The molecule has 120 valence electrons.